The van der Waals surface area contributed by atoms with Crippen LogP contribution in [0.3, 0.4) is 0 Å². The van der Waals surface area contributed by atoms with Crippen LogP contribution in [0, 0.1) is 6.92 Å². The van der Waals surface area contributed by atoms with Gasteiger partial charge in [-0.05, 0) is 37.1 Å². The third kappa shape index (κ3) is 5.97. The Labute approximate surface area is 166 Å². The molecule has 0 atom stereocenters. The third-order valence-electron chi connectivity index (χ3n) is 3.52. The second kappa shape index (κ2) is 9.38. The van der Waals surface area contributed by atoms with Gasteiger partial charge in [-0.15, -0.1) is 21.5 Å². The van der Waals surface area contributed by atoms with Gasteiger partial charge in [-0.25, -0.2) is 4.98 Å². The molecule has 0 spiro atoms. The minimum absolute atomic E-state index is 0.228. The van der Waals surface area contributed by atoms with Crippen molar-refractivity contribution in [2.75, 3.05) is 5.32 Å². The summed E-state index contributed by atoms with van der Waals surface area (Å²) in [7, 11) is 0. The average Bonchev–Trinajstić information content (AvgIpc) is 3.28. The van der Waals surface area contributed by atoms with Crippen LogP contribution in [0.5, 0.6) is 5.75 Å². The summed E-state index contributed by atoms with van der Waals surface area (Å²) in [6.07, 6.45) is 5.11. The van der Waals surface area contributed by atoms with Crippen LogP contribution in [-0.4, -0.2) is 21.1 Å². The average molecular weight is 401 g/mol. The minimum atomic E-state index is -0.228. The zero-order valence-corrected chi connectivity index (χ0v) is 16.8. The first-order valence-electron chi connectivity index (χ1n) is 8.57. The maximum atomic E-state index is 12.0. The number of nitrogens with one attached hydrogen (secondary N) is 1. The molecule has 1 N–H and O–H groups in total. The van der Waals surface area contributed by atoms with E-state index in [1.807, 2.05) is 36.6 Å². The lowest BCUT2D eigenvalue weighted by molar-refractivity contribution is -0.111. The van der Waals surface area contributed by atoms with Crippen molar-refractivity contribution >= 4 is 39.8 Å². The van der Waals surface area contributed by atoms with Crippen molar-refractivity contribution in [2.45, 2.75) is 33.3 Å². The predicted molar refractivity (Wildman–Crippen MR) is 109 cm³/mol. The van der Waals surface area contributed by atoms with Crippen molar-refractivity contribution in [3.05, 3.63) is 57.0 Å². The molecular weight excluding hydrogens is 380 g/mol. The number of benzene rings is 1. The molecule has 6 nitrogen and oxygen atoms in total. The zero-order chi connectivity index (χ0) is 19.1. The van der Waals surface area contributed by atoms with Gasteiger partial charge in [0.15, 0.2) is 0 Å². The number of ether oxygens (including phenoxy) is 1. The molecule has 0 aliphatic carbocycles. The van der Waals surface area contributed by atoms with Crippen LogP contribution in [0.25, 0.3) is 6.08 Å². The summed E-state index contributed by atoms with van der Waals surface area (Å²) in [5.41, 5.74) is 1.84. The number of carbonyl (C=O) groups is 1. The van der Waals surface area contributed by atoms with Gasteiger partial charge in [-0.3, -0.25) is 10.1 Å². The van der Waals surface area contributed by atoms with Crippen LogP contribution in [0.15, 0.2) is 35.7 Å². The van der Waals surface area contributed by atoms with E-state index in [4.69, 9.17) is 4.74 Å². The molecule has 3 rings (SSSR count). The van der Waals surface area contributed by atoms with E-state index >= 15 is 0 Å². The van der Waals surface area contributed by atoms with E-state index in [1.165, 1.54) is 17.4 Å². The molecule has 0 unspecified atom stereocenters. The van der Waals surface area contributed by atoms with E-state index in [1.54, 1.807) is 17.4 Å². The number of aromatic nitrogens is 3. The lowest BCUT2D eigenvalue weighted by Gasteiger charge is -2.04. The van der Waals surface area contributed by atoms with Crippen LogP contribution in [0.1, 0.15) is 34.6 Å². The Balaban J connectivity index is 1.49. The first-order valence-corrected chi connectivity index (χ1v) is 10.3. The SMILES string of the molecule is CCCc1nnc(NC(=O)/C=C/c2ccc(OCc3csc(C)n3)cc2)s1. The Kier molecular flexibility index (Phi) is 6.67. The zero-order valence-electron chi connectivity index (χ0n) is 15.1. The van der Waals surface area contributed by atoms with Gasteiger partial charge < -0.3 is 4.74 Å². The fourth-order valence-electron chi connectivity index (χ4n) is 2.24. The standard InChI is InChI=1S/C19H20N4O2S2/c1-3-4-18-22-23-19(27-18)21-17(24)10-7-14-5-8-16(9-6-14)25-11-15-12-26-13(2)20-15/h5-10,12H,3-4,11H2,1-2H3,(H,21,23,24)/b10-7+. The van der Waals surface area contributed by atoms with Gasteiger partial charge in [0, 0.05) is 17.9 Å². The first-order chi connectivity index (χ1) is 13.1. The monoisotopic (exact) mass is 400 g/mol. The molecule has 8 heteroatoms. The minimum Gasteiger partial charge on any atom is -0.487 e. The summed E-state index contributed by atoms with van der Waals surface area (Å²) in [5.74, 6) is 0.535. The van der Waals surface area contributed by atoms with E-state index in [-0.39, 0.29) is 5.91 Å². The smallest absolute Gasteiger partial charge is 0.250 e. The number of aryl methyl sites for hydroxylation is 2. The van der Waals surface area contributed by atoms with Crippen LogP contribution < -0.4 is 10.1 Å². The van der Waals surface area contributed by atoms with Crippen LogP contribution in [-0.2, 0) is 17.8 Å². The molecule has 0 bridgehead atoms. The highest BCUT2D eigenvalue weighted by atomic mass is 32.1. The lowest BCUT2D eigenvalue weighted by Crippen LogP contribution is -2.07. The van der Waals surface area contributed by atoms with Crippen molar-refractivity contribution in [1.82, 2.24) is 15.2 Å². The number of carbonyl (C=O) groups excluding carboxylic acids is 1. The molecule has 0 aliphatic heterocycles. The van der Waals surface area contributed by atoms with Crippen molar-refractivity contribution in [1.29, 1.82) is 0 Å². The normalized spacial score (nSPS) is 11.0. The maximum Gasteiger partial charge on any atom is 0.250 e. The number of nitrogens with zero attached hydrogens (tertiary/aromatic N) is 3. The Bertz CT molecular complexity index is 916. The van der Waals surface area contributed by atoms with Crippen molar-refractivity contribution in [2.24, 2.45) is 0 Å². The highest BCUT2D eigenvalue weighted by Crippen LogP contribution is 2.18. The van der Waals surface area contributed by atoms with Gasteiger partial charge >= 0.3 is 0 Å². The largest absolute Gasteiger partial charge is 0.487 e. The van der Waals surface area contributed by atoms with Crippen LogP contribution in [0.4, 0.5) is 5.13 Å². The number of hydrogen-bond donors (Lipinski definition) is 1. The quantitative estimate of drug-likeness (QED) is 0.564. The highest BCUT2D eigenvalue weighted by Gasteiger charge is 2.05. The number of amides is 1. The second-order valence-electron chi connectivity index (χ2n) is 5.79. The summed E-state index contributed by atoms with van der Waals surface area (Å²) in [4.78, 5) is 16.4. The Morgan fingerprint density at radius 1 is 1.26 bits per heavy atom. The van der Waals surface area contributed by atoms with Crippen molar-refractivity contribution in [3.63, 3.8) is 0 Å². The molecule has 2 heterocycles. The Morgan fingerprint density at radius 2 is 2.07 bits per heavy atom. The van der Waals surface area contributed by atoms with E-state index < -0.39 is 0 Å². The van der Waals surface area contributed by atoms with Gasteiger partial charge in [0.1, 0.15) is 17.4 Å². The predicted octanol–water partition coefficient (Wildman–Crippen LogP) is 4.49. The summed E-state index contributed by atoms with van der Waals surface area (Å²) in [5, 5.41) is 15.2. The van der Waals surface area contributed by atoms with Gasteiger partial charge in [-0.1, -0.05) is 30.4 Å². The molecular formula is C19H20N4O2S2. The molecule has 0 saturated heterocycles. The van der Waals surface area contributed by atoms with Crippen molar-refractivity contribution < 1.29 is 9.53 Å². The number of anilines is 1. The molecule has 27 heavy (non-hydrogen) atoms. The maximum absolute atomic E-state index is 12.0. The molecule has 1 amide bonds. The third-order valence-corrected chi connectivity index (χ3v) is 5.24. The van der Waals surface area contributed by atoms with E-state index in [0.29, 0.717) is 11.7 Å². The summed E-state index contributed by atoms with van der Waals surface area (Å²) in [6.45, 7) is 4.50. The fraction of sp³-hybridized carbons (Fsp3) is 0.263. The summed E-state index contributed by atoms with van der Waals surface area (Å²) >= 11 is 3.02. The van der Waals surface area contributed by atoms with Gasteiger partial charge in [0.25, 0.3) is 0 Å². The van der Waals surface area contributed by atoms with Gasteiger partial charge in [-0.2, -0.15) is 0 Å². The summed E-state index contributed by atoms with van der Waals surface area (Å²) < 4.78 is 5.71. The first kappa shape index (κ1) is 19.2. The number of hydrogen-bond acceptors (Lipinski definition) is 7. The molecule has 0 radical (unpaired) electrons. The second-order valence-corrected chi connectivity index (χ2v) is 7.91. The molecule has 140 valence electrons. The molecule has 2 aromatic heterocycles. The highest BCUT2D eigenvalue weighted by molar-refractivity contribution is 7.15. The van der Waals surface area contributed by atoms with Crippen molar-refractivity contribution in [3.8, 4) is 5.75 Å². The van der Waals surface area contributed by atoms with Gasteiger partial charge in [0.05, 0.1) is 10.7 Å². The number of thiazole rings is 1. The Hall–Kier alpha value is -2.58. The molecule has 0 fully saturated rings. The number of rotatable bonds is 8. The summed E-state index contributed by atoms with van der Waals surface area (Å²) in [6, 6.07) is 7.54. The van der Waals surface area contributed by atoms with Crippen LogP contribution in [0.2, 0.25) is 0 Å². The lowest BCUT2D eigenvalue weighted by atomic mass is 10.2. The van der Waals surface area contributed by atoms with Crippen LogP contribution >= 0.6 is 22.7 Å². The van der Waals surface area contributed by atoms with E-state index in [2.05, 4.69) is 27.4 Å². The van der Waals surface area contributed by atoms with Gasteiger partial charge in [0.2, 0.25) is 11.0 Å². The fourth-order valence-corrected chi connectivity index (χ4v) is 3.69. The molecule has 0 aliphatic rings. The Morgan fingerprint density at radius 3 is 2.78 bits per heavy atom. The molecule has 3 aromatic rings. The molecule has 0 saturated carbocycles. The van der Waals surface area contributed by atoms with E-state index in [9.17, 15) is 4.79 Å². The van der Waals surface area contributed by atoms with E-state index in [0.717, 1.165) is 39.9 Å². The molecule has 1 aromatic carbocycles. The topological polar surface area (TPSA) is 77.0 Å².